The molecule has 0 unspecified atom stereocenters. The van der Waals surface area contributed by atoms with Crippen LogP contribution in [0.25, 0.3) is 0 Å². The van der Waals surface area contributed by atoms with E-state index in [0.717, 1.165) is 12.1 Å². The number of benzene rings is 2. The second-order valence-corrected chi connectivity index (χ2v) is 4.13. The molecule has 0 heterocycles. The van der Waals surface area contributed by atoms with Crippen molar-refractivity contribution in [2.24, 2.45) is 0 Å². The van der Waals surface area contributed by atoms with Crippen LogP contribution in [0.2, 0.25) is 0 Å². The highest BCUT2D eigenvalue weighted by atomic mass is 19.1. The maximum absolute atomic E-state index is 13.6. The van der Waals surface area contributed by atoms with Gasteiger partial charge in [-0.15, -0.1) is 0 Å². The van der Waals surface area contributed by atoms with Crippen molar-refractivity contribution in [3.8, 4) is 11.8 Å². The number of esters is 1. The summed E-state index contributed by atoms with van der Waals surface area (Å²) in [5.74, 6) is -2.96. The largest absolute Gasteiger partial charge is 0.423 e. The minimum atomic E-state index is -1.12. The summed E-state index contributed by atoms with van der Waals surface area (Å²) in [7, 11) is 0. The van der Waals surface area contributed by atoms with Crippen molar-refractivity contribution in [2.75, 3.05) is 0 Å². The van der Waals surface area contributed by atoms with Crippen LogP contribution in [0.5, 0.6) is 5.75 Å². The summed E-state index contributed by atoms with van der Waals surface area (Å²) in [4.78, 5) is 11.8. The van der Waals surface area contributed by atoms with Gasteiger partial charge in [-0.25, -0.2) is 13.6 Å². The molecule has 0 bridgehead atoms. The van der Waals surface area contributed by atoms with Gasteiger partial charge in [0.2, 0.25) is 0 Å². The van der Waals surface area contributed by atoms with Crippen molar-refractivity contribution in [1.82, 2.24) is 0 Å². The average molecular weight is 273 g/mol. The van der Waals surface area contributed by atoms with Crippen LogP contribution in [0.4, 0.5) is 8.78 Å². The van der Waals surface area contributed by atoms with E-state index in [2.05, 4.69) is 0 Å². The van der Waals surface area contributed by atoms with Crippen molar-refractivity contribution in [2.45, 2.75) is 6.92 Å². The SMILES string of the molecule is Cc1cc(F)c(C(=O)Oc2ccc(C#N)cc2)c(F)c1. The molecule has 0 fully saturated rings. The summed E-state index contributed by atoms with van der Waals surface area (Å²) in [6.07, 6.45) is 0. The van der Waals surface area contributed by atoms with Gasteiger partial charge in [-0.2, -0.15) is 5.26 Å². The third-order valence-electron chi connectivity index (χ3n) is 2.58. The van der Waals surface area contributed by atoms with Crippen molar-refractivity contribution in [3.05, 3.63) is 64.7 Å². The Labute approximate surface area is 114 Å². The number of carbonyl (C=O) groups excluding carboxylic acids is 1. The summed E-state index contributed by atoms with van der Waals surface area (Å²) in [5.41, 5.74) is 0.0207. The van der Waals surface area contributed by atoms with Gasteiger partial charge in [0.25, 0.3) is 0 Å². The van der Waals surface area contributed by atoms with E-state index >= 15 is 0 Å². The van der Waals surface area contributed by atoms with E-state index in [9.17, 15) is 13.6 Å². The summed E-state index contributed by atoms with van der Waals surface area (Å²) in [6, 6.07) is 9.63. The summed E-state index contributed by atoms with van der Waals surface area (Å²) >= 11 is 0. The first kappa shape index (κ1) is 13.7. The Balaban J connectivity index is 2.26. The fourth-order valence-electron chi connectivity index (χ4n) is 1.65. The lowest BCUT2D eigenvalue weighted by Gasteiger charge is -2.07. The minimum Gasteiger partial charge on any atom is -0.423 e. The monoisotopic (exact) mass is 273 g/mol. The lowest BCUT2D eigenvalue weighted by Crippen LogP contribution is -2.13. The smallest absolute Gasteiger partial charge is 0.349 e. The molecule has 0 amide bonds. The molecule has 0 aliphatic carbocycles. The second-order valence-electron chi connectivity index (χ2n) is 4.13. The molecule has 2 aromatic carbocycles. The molecule has 0 saturated heterocycles. The molecule has 5 heteroatoms. The van der Waals surface area contributed by atoms with Crippen molar-refractivity contribution in [1.29, 1.82) is 5.26 Å². The van der Waals surface area contributed by atoms with Gasteiger partial charge in [0.15, 0.2) is 0 Å². The fourth-order valence-corrected chi connectivity index (χ4v) is 1.65. The van der Waals surface area contributed by atoms with E-state index in [1.807, 2.05) is 6.07 Å². The number of hydrogen-bond acceptors (Lipinski definition) is 3. The Kier molecular flexibility index (Phi) is 3.76. The molecule has 0 saturated carbocycles. The second kappa shape index (κ2) is 5.49. The van der Waals surface area contributed by atoms with E-state index < -0.39 is 23.2 Å². The first-order chi connectivity index (χ1) is 9.51. The van der Waals surface area contributed by atoms with Crippen LogP contribution in [-0.2, 0) is 0 Å². The molecule has 0 aromatic heterocycles. The highest BCUT2D eigenvalue weighted by Crippen LogP contribution is 2.19. The number of nitriles is 1. The van der Waals surface area contributed by atoms with Crippen LogP contribution in [0.1, 0.15) is 21.5 Å². The van der Waals surface area contributed by atoms with E-state index in [0.29, 0.717) is 11.1 Å². The highest BCUT2D eigenvalue weighted by molar-refractivity contribution is 5.91. The Morgan fingerprint density at radius 2 is 1.70 bits per heavy atom. The van der Waals surface area contributed by atoms with Gasteiger partial charge in [0.1, 0.15) is 22.9 Å². The average Bonchev–Trinajstić information content (AvgIpc) is 2.38. The first-order valence-corrected chi connectivity index (χ1v) is 5.69. The van der Waals surface area contributed by atoms with E-state index in [1.54, 1.807) is 0 Å². The van der Waals surface area contributed by atoms with Gasteiger partial charge in [-0.3, -0.25) is 0 Å². The Hall–Kier alpha value is -2.74. The first-order valence-electron chi connectivity index (χ1n) is 5.69. The molecule has 0 aliphatic rings. The maximum atomic E-state index is 13.6. The highest BCUT2D eigenvalue weighted by Gasteiger charge is 2.20. The van der Waals surface area contributed by atoms with Gasteiger partial charge < -0.3 is 4.74 Å². The van der Waals surface area contributed by atoms with Gasteiger partial charge in [0, 0.05) is 0 Å². The van der Waals surface area contributed by atoms with Crippen molar-refractivity contribution >= 4 is 5.97 Å². The van der Waals surface area contributed by atoms with Crippen LogP contribution < -0.4 is 4.74 Å². The Bertz CT molecular complexity index is 680. The van der Waals surface area contributed by atoms with Gasteiger partial charge in [-0.1, -0.05) is 0 Å². The Morgan fingerprint density at radius 3 is 2.20 bits per heavy atom. The molecular formula is C15H9F2NO2. The van der Waals surface area contributed by atoms with Crippen molar-refractivity contribution < 1.29 is 18.3 Å². The third-order valence-corrected chi connectivity index (χ3v) is 2.58. The maximum Gasteiger partial charge on any atom is 0.349 e. The molecule has 2 aromatic rings. The molecule has 20 heavy (non-hydrogen) atoms. The van der Waals surface area contributed by atoms with E-state index in [4.69, 9.17) is 10.00 Å². The molecule has 0 spiro atoms. The zero-order chi connectivity index (χ0) is 14.7. The zero-order valence-corrected chi connectivity index (χ0v) is 10.5. The third kappa shape index (κ3) is 2.81. The lowest BCUT2D eigenvalue weighted by atomic mass is 10.1. The predicted molar refractivity (Wildman–Crippen MR) is 67.2 cm³/mol. The minimum absolute atomic E-state index is 0.105. The van der Waals surface area contributed by atoms with Crippen LogP contribution in [0.3, 0.4) is 0 Å². The predicted octanol–water partition coefficient (Wildman–Crippen LogP) is 3.36. The van der Waals surface area contributed by atoms with Gasteiger partial charge >= 0.3 is 5.97 Å². The van der Waals surface area contributed by atoms with Crippen LogP contribution >= 0.6 is 0 Å². The van der Waals surface area contributed by atoms with Gasteiger partial charge in [-0.05, 0) is 48.9 Å². The fraction of sp³-hybridized carbons (Fsp3) is 0.0667. The van der Waals surface area contributed by atoms with Crippen molar-refractivity contribution in [3.63, 3.8) is 0 Å². The quantitative estimate of drug-likeness (QED) is 0.622. The molecule has 3 nitrogen and oxygen atoms in total. The number of halogens is 2. The van der Waals surface area contributed by atoms with Gasteiger partial charge in [0.05, 0.1) is 11.6 Å². The number of nitrogens with zero attached hydrogens (tertiary/aromatic N) is 1. The van der Waals surface area contributed by atoms with Crippen LogP contribution in [0.15, 0.2) is 36.4 Å². The standard InChI is InChI=1S/C15H9F2NO2/c1-9-6-12(16)14(13(17)7-9)15(19)20-11-4-2-10(8-18)3-5-11/h2-7H,1H3. The molecule has 100 valence electrons. The number of aryl methyl sites for hydroxylation is 1. The molecule has 2 rings (SSSR count). The normalized spacial score (nSPS) is 9.90. The number of carbonyl (C=O) groups is 1. The molecule has 0 N–H and O–H groups in total. The Morgan fingerprint density at radius 1 is 1.15 bits per heavy atom. The zero-order valence-electron chi connectivity index (χ0n) is 10.5. The van der Waals surface area contributed by atoms with E-state index in [-0.39, 0.29) is 5.75 Å². The van der Waals surface area contributed by atoms with E-state index in [1.165, 1.54) is 31.2 Å². The topological polar surface area (TPSA) is 50.1 Å². The summed E-state index contributed by atoms with van der Waals surface area (Å²) in [6.45, 7) is 1.52. The van der Waals surface area contributed by atoms with Crippen LogP contribution in [0, 0.1) is 29.9 Å². The lowest BCUT2D eigenvalue weighted by molar-refractivity contribution is 0.0724. The molecule has 0 atom stereocenters. The number of rotatable bonds is 2. The number of ether oxygens (including phenoxy) is 1. The van der Waals surface area contributed by atoms with Crippen LogP contribution in [-0.4, -0.2) is 5.97 Å². The summed E-state index contributed by atoms with van der Waals surface area (Å²) in [5, 5.41) is 8.63. The molecule has 0 aliphatic heterocycles. The molecular weight excluding hydrogens is 264 g/mol. The number of hydrogen-bond donors (Lipinski definition) is 0. The molecule has 0 radical (unpaired) electrons. The summed E-state index contributed by atoms with van der Waals surface area (Å²) < 4.78 is 32.1.